The molecule has 11 aromatic rings. The molecule has 0 aliphatic heterocycles. The zero-order chi connectivity index (χ0) is 39.8. The third kappa shape index (κ3) is 6.51. The van der Waals surface area contributed by atoms with Crippen molar-refractivity contribution in [3.8, 4) is 55.6 Å². The standard InChI is InChI=1S/C58H39NO/c1-2-11-40(12-3-1)41-23-25-42(26-24-41)43-27-33-49(34-28-43)59(51-37-31-46(32-38-51)54-20-10-22-57-58(54)55-18-6-7-21-56(55)60-57)50-35-29-44(30-36-50)47-15-8-16-48(39-47)53-19-9-14-45-13-4-5-17-52(45)53/h1-39H. The fourth-order valence-corrected chi connectivity index (χ4v) is 8.69. The van der Waals surface area contributed by atoms with Gasteiger partial charge in [0.2, 0.25) is 0 Å². The summed E-state index contributed by atoms with van der Waals surface area (Å²) in [4.78, 5) is 2.34. The Hall–Kier alpha value is -7.94. The number of rotatable bonds is 8. The minimum atomic E-state index is 0.900. The Balaban J connectivity index is 0.954. The van der Waals surface area contributed by atoms with E-state index in [1.807, 2.05) is 12.1 Å². The first-order valence-corrected chi connectivity index (χ1v) is 20.5. The molecule has 0 saturated heterocycles. The van der Waals surface area contributed by atoms with Gasteiger partial charge in [0.15, 0.2) is 0 Å². The molecule has 0 N–H and O–H groups in total. The molecule has 0 radical (unpaired) electrons. The topological polar surface area (TPSA) is 16.4 Å². The number of hydrogen-bond donors (Lipinski definition) is 0. The van der Waals surface area contributed by atoms with E-state index >= 15 is 0 Å². The van der Waals surface area contributed by atoms with Gasteiger partial charge in [-0.15, -0.1) is 0 Å². The minimum Gasteiger partial charge on any atom is -0.456 e. The van der Waals surface area contributed by atoms with Gasteiger partial charge >= 0.3 is 0 Å². The highest BCUT2D eigenvalue weighted by molar-refractivity contribution is 6.12. The van der Waals surface area contributed by atoms with Crippen molar-refractivity contribution < 1.29 is 4.42 Å². The summed E-state index contributed by atoms with van der Waals surface area (Å²) in [6.45, 7) is 0. The summed E-state index contributed by atoms with van der Waals surface area (Å²) in [5, 5.41) is 4.79. The second kappa shape index (κ2) is 15.1. The van der Waals surface area contributed by atoms with Gasteiger partial charge in [-0.05, 0) is 121 Å². The van der Waals surface area contributed by atoms with Gasteiger partial charge in [0.1, 0.15) is 11.2 Å². The van der Waals surface area contributed by atoms with Crippen molar-refractivity contribution in [2.75, 3.05) is 4.90 Å². The molecule has 2 nitrogen and oxygen atoms in total. The lowest BCUT2D eigenvalue weighted by atomic mass is 9.95. The van der Waals surface area contributed by atoms with Gasteiger partial charge in [0.05, 0.1) is 0 Å². The molecule has 1 aromatic heterocycles. The fourth-order valence-electron chi connectivity index (χ4n) is 8.69. The Morgan fingerprint density at radius 2 is 0.700 bits per heavy atom. The molecule has 1 heterocycles. The molecule has 0 fully saturated rings. The summed E-state index contributed by atoms with van der Waals surface area (Å²) in [6.07, 6.45) is 0. The van der Waals surface area contributed by atoms with Gasteiger partial charge < -0.3 is 9.32 Å². The Labute approximate surface area is 349 Å². The van der Waals surface area contributed by atoms with Gasteiger partial charge in [-0.2, -0.15) is 0 Å². The van der Waals surface area contributed by atoms with Crippen LogP contribution in [0.4, 0.5) is 17.1 Å². The highest BCUT2D eigenvalue weighted by atomic mass is 16.3. The largest absolute Gasteiger partial charge is 0.456 e. The molecule has 282 valence electrons. The Morgan fingerprint density at radius 1 is 0.267 bits per heavy atom. The molecular weight excluding hydrogens is 727 g/mol. The van der Waals surface area contributed by atoms with Crippen LogP contribution in [0.1, 0.15) is 0 Å². The summed E-state index contributed by atoms with van der Waals surface area (Å²) in [7, 11) is 0. The SMILES string of the molecule is c1ccc(-c2ccc(-c3ccc(N(c4ccc(-c5cccc(-c6cccc7ccccc67)c5)cc4)c4ccc(-c5cccc6oc7ccccc7c56)cc4)cc3)cc2)cc1. The van der Waals surface area contributed by atoms with E-state index in [0.29, 0.717) is 0 Å². The van der Waals surface area contributed by atoms with Crippen molar-refractivity contribution in [2.24, 2.45) is 0 Å². The van der Waals surface area contributed by atoms with Crippen LogP contribution in [0.5, 0.6) is 0 Å². The third-order valence-electron chi connectivity index (χ3n) is 11.7. The lowest BCUT2D eigenvalue weighted by Crippen LogP contribution is -2.09. The lowest BCUT2D eigenvalue weighted by Gasteiger charge is -2.26. The van der Waals surface area contributed by atoms with Gasteiger partial charge in [0.25, 0.3) is 0 Å². The van der Waals surface area contributed by atoms with Crippen LogP contribution in [-0.2, 0) is 0 Å². The van der Waals surface area contributed by atoms with E-state index < -0.39 is 0 Å². The number of anilines is 3. The normalized spacial score (nSPS) is 11.3. The zero-order valence-electron chi connectivity index (χ0n) is 32.9. The van der Waals surface area contributed by atoms with E-state index in [-0.39, 0.29) is 0 Å². The molecule has 0 aliphatic rings. The molecule has 0 bridgehead atoms. The van der Waals surface area contributed by atoms with Crippen LogP contribution < -0.4 is 4.90 Å². The summed E-state index contributed by atoms with van der Waals surface area (Å²) in [5.74, 6) is 0. The van der Waals surface area contributed by atoms with E-state index in [1.54, 1.807) is 0 Å². The average molecular weight is 766 g/mol. The van der Waals surface area contributed by atoms with Gasteiger partial charge in [-0.25, -0.2) is 0 Å². The maximum Gasteiger partial charge on any atom is 0.136 e. The maximum absolute atomic E-state index is 6.24. The molecular formula is C58H39NO. The van der Waals surface area contributed by atoms with Crippen molar-refractivity contribution in [1.29, 1.82) is 0 Å². The first kappa shape index (κ1) is 35.2. The lowest BCUT2D eigenvalue weighted by molar-refractivity contribution is 0.669. The highest BCUT2D eigenvalue weighted by Gasteiger charge is 2.16. The number of hydrogen-bond acceptors (Lipinski definition) is 2. The predicted molar refractivity (Wildman–Crippen MR) is 253 cm³/mol. The molecule has 60 heavy (non-hydrogen) atoms. The Bertz CT molecular complexity index is 3270. The molecule has 0 unspecified atom stereocenters. The summed E-state index contributed by atoms with van der Waals surface area (Å²) < 4.78 is 6.24. The number of para-hydroxylation sites is 1. The van der Waals surface area contributed by atoms with Gasteiger partial charge in [-0.3, -0.25) is 0 Å². The van der Waals surface area contributed by atoms with E-state index in [0.717, 1.165) is 50.1 Å². The number of fused-ring (bicyclic) bond motifs is 4. The summed E-state index contributed by atoms with van der Waals surface area (Å²) in [5.41, 5.74) is 17.0. The van der Waals surface area contributed by atoms with Crippen LogP contribution in [-0.4, -0.2) is 0 Å². The monoisotopic (exact) mass is 765 g/mol. The second-order valence-electron chi connectivity index (χ2n) is 15.3. The Morgan fingerprint density at radius 3 is 1.38 bits per heavy atom. The summed E-state index contributed by atoms with van der Waals surface area (Å²) >= 11 is 0. The number of benzene rings is 10. The predicted octanol–water partition coefficient (Wildman–Crippen LogP) is 16.5. The first-order valence-electron chi connectivity index (χ1n) is 20.5. The first-order chi connectivity index (χ1) is 29.7. The van der Waals surface area contributed by atoms with E-state index in [2.05, 4.69) is 229 Å². The number of nitrogens with zero attached hydrogens (tertiary/aromatic N) is 1. The zero-order valence-corrected chi connectivity index (χ0v) is 32.9. The van der Waals surface area contributed by atoms with Gasteiger partial charge in [0, 0.05) is 27.8 Å². The quantitative estimate of drug-likeness (QED) is 0.153. The van der Waals surface area contributed by atoms with E-state index in [9.17, 15) is 0 Å². The summed E-state index contributed by atoms with van der Waals surface area (Å²) in [6, 6.07) is 84.8. The smallest absolute Gasteiger partial charge is 0.136 e. The molecule has 11 rings (SSSR count). The second-order valence-corrected chi connectivity index (χ2v) is 15.3. The van der Waals surface area contributed by atoms with Crippen LogP contribution in [0.25, 0.3) is 88.3 Å². The van der Waals surface area contributed by atoms with E-state index in [4.69, 9.17) is 4.42 Å². The van der Waals surface area contributed by atoms with Crippen molar-refractivity contribution in [3.05, 3.63) is 237 Å². The van der Waals surface area contributed by atoms with Crippen LogP contribution >= 0.6 is 0 Å². The number of furan rings is 1. The molecule has 0 aliphatic carbocycles. The minimum absolute atomic E-state index is 0.900. The molecule has 10 aromatic carbocycles. The molecule has 0 spiro atoms. The average Bonchev–Trinajstić information content (AvgIpc) is 3.72. The van der Waals surface area contributed by atoms with Crippen LogP contribution in [0.2, 0.25) is 0 Å². The van der Waals surface area contributed by atoms with Crippen LogP contribution in [0.15, 0.2) is 241 Å². The van der Waals surface area contributed by atoms with Crippen molar-refractivity contribution >= 4 is 49.8 Å². The van der Waals surface area contributed by atoms with Crippen molar-refractivity contribution in [2.45, 2.75) is 0 Å². The van der Waals surface area contributed by atoms with Crippen LogP contribution in [0.3, 0.4) is 0 Å². The van der Waals surface area contributed by atoms with E-state index in [1.165, 1.54) is 55.3 Å². The maximum atomic E-state index is 6.24. The molecule has 0 saturated carbocycles. The molecule has 0 amide bonds. The third-order valence-corrected chi connectivity index (χ3v) is 11.7. The van der Waals surface area contributed by atoms with Gasteiger partial charge in [-0.1, -0.05) is 182 Å². The molecule has 2 heteroatoms. The highest BCUT2D eigenvalue weighted by Crippen LogP contribution is 2.41. The van der Waals surface area contributed by atoms with Crippen LogP contribution in [0, 0.1) is 0 Å². The molecule has 0 atom stereocenters. The fraction of sp³-hybridized carbons (Fsp3) is 0. The van der Waals surface area contributed by atoms with Crippen molar-refractivity contribution in [3.63, 3.8) is 0 Å². The van der Waals surface area contributed by atoms with Crippen molar-refractivity contribution in [1.82, 2.24) is 0 Å². The Kier molecular flexibility index (Phi) is 8.87.